The summed E-state index contributed by atoms with van der Waals surface area (Å²) in [5, 5.41) is 8.29. The lowest BCUT2D eigenvalue weighted by molar-refractivity contribution is 0.398. The molecular formula is C10H10N2O. The fraction of sp³-hybridized carbons (Fsp3) is 0.200. The van der Waals surface area contributed by atoms with Crippen molar-refractivity contribution in [2.45, 2.75) is 6.42 Å². The smallest absolute Gasteiger partial charge is 0.212 e. The van der Waals surface area contributed by atoms with E-state index in [0.717, 1.165) is 5.56 Å². The molecule has 0 radical (unpaired) electrons. The lowest BCUT2D eigenvalue weighted by Gasteiger charge is -1.97. The van der Waals surface area contributed by atoms with Crippen LogP contribution in [0.3, 0.4) is 0 Å². The summed E-state index contributed by atoms with van der Waals surface area (Å²) >= 11 is 0. The van der Waals surface area contributed by atoms with Gasteiger partial charge in [-0.25, -0.2) is 4.98 Å². The summed E-state index contributed by atoms with van der Waals surface area (Å²) in [4.78, 5) is 4.02. The molecule has 1 aromatic rings. The number of allylic oxidation sites excluding steroid dienone is 1. The highest BCUT2D eigenvalue weighted by Gasteiger charge is 1.90. The first-order valence-corrected chi connectivity index (χ1v) is 3.90. The second kappa shape index (κ2) is 4.94. The highest BCUT2D eigenvalue weighted by Crippen LogP contribution is 2.07. The molecule has 13 heavy (non-hydrogen) atoms. The Morgan fingerprint density at radius 2 is 2.46 bits per heavy atom. The molecule has 0 spiro atoms. The van der Waals surface area contributed by atoms with Gasteiger partial charge in [0.05, 0.1) is 19.6 Å². The van der Waals surface area contributed by atoms with E-state index in [2.05, 4.69) is 4.98 Å². The molecule has 1 rings (SSSR count). The van der Waals surface area contributed by atoms with Gasteiger partial charge >= 0.3 is 0 Å². The third-order valence-corrected chi connectivity index (χ3v) is 1.49. The van der Waals surface area contributed by atoms with Crippen LogP contribution in [0.2, 0.25) is 0 Å². The van der Waals surface area contributed by atoms with E-state index in [0.29, 0.717) is 12.3 Å². The molecule has 1 heterocycles. The summed E-state index contributed by atoms with van der Waals surface area (Å²) in [5.41, 5.74) is 0.969. The Hall–Kier alpha value is -1.82. The van der Waals surface area contributed by atoms with E-state index in [1.54, 1.807) is 25.4 Å². The van der Waals surface area contributed by atoms with Crippen molar-refractivity contribution in [1.82, 2.24) is 4.98 Å². The SMILES string of the molecule is COc1ccc(C=CCC#N)cn1. The Labute approximate surface area is 77.3 Å². The molecule has 0 saturated carbocycles. The molecule has 0 amide bonds. The van der Waals surface area contributed by atoms with Gasteiger partial charge in [-0.15, -0.1) is 0 Å². The lowest BCUT2D eigenvalue weighted by atomic mass is 10.2. The first-order valence-electron chi connectivity index (χ1n) is 3.90. The standard InChI is InChI=1S/C10H10N2O/c1-13-10-6-5-9(8-12-10)4-2-3-7-11/h2,4-6,8H,3H2,1H3. The second-order valence-electron chi connectivity index (χ2n) is 2.40. The maximum absolute atomic E-state index is 8.29. The number of rotatable bonds is 3. The summed E-state index contributed by atoms with van der Waals surface area (Å²) in [6, 6.07) is 5.70. The minimum atomic E-state index is 0.423. The van der Waals surface area contributed by atoms with Crippen molar-refractivity contribution < 1.29 is 4.74 Å². The van der Waals surface area contributed by atoms with E-state index in [-0.39, 0.29) is 0 Å². The minimum Gasteiger partial charge on any atom is -0.481 e. The monoisotopic (exact) mass is 174 g/mol. The van der Waals surface area contributed by atoms with Gasteiger partial charge in [0.25, 0.3) is 0 Å². The normalized spacial score (nSPS) is 9.85. The molecule has 0 fully saturated rings. The molecule has 0 saturated heterocycles. The number of hydrogen-bond acceptors (Lipinski definition) is 3. The van der Waals surface area contributed by atoms with Gasteiger partial charge in [0.2, 0.25) is 5.88 Å². The van der Waals surface area contributed by atoms with Crippen molar-refractivity contribution in [2.75, 3.05) is 7.11 Å². The molecule has 0 atom stereocenters. The maximum atomic E-state index is 8.29. The van der Waals surface area contributed by atoms with Gasteiger partial charge < -0.3 is 4.74 Å². The predicted octanol–water partition coefficient (Wildman–Crippen LogP) is 2.02. The quantitative estimate of drug-likeness (QED) is 0.704. The van der Waals surface area contributed by atoms with Crippen molar-refractivity contribution in [3.63, 3.8) is 0 Å². The molecule has 3 nitrogen and oxygen atoms in total. The predicted molar refractivity (Wildman–Crippen MR) is 50.1 cm³/mol. The maximum Gasteiger partial charge on any atom is 0.212 e. The second-order valence-corrected chi connectivity index (χ2v) is 2.40. The molecule has 0 bridgehead atoms. The summed E-state index contributed by atoms with van der Waals surface area (Å²) in [6.45, 7) is 0. The van der Waals surface area contributed by atoms with Gasteiger partial charge in [0.1, 0.15) is 0 Å². The highest BCUT2D eigenvalue weighted by atomic mass is 16.5. The Bertz CT molecular complexity index is 322. The van der Waals surface area contributed by atoms with Crippen LogP contribution in [0.5, 0.6) is 5.88 Å². The van der Waals surface area contributed by atoms with Gasteiger partial charge in [-0.2, -0.15) is 5.26 Å². The van der Waals surface area contributed by atoms with Crippen LogP contribution in [-0.4, -0.2) is 12.1 Å². The number of nitriles is 1. The van der Waals surface area contributed by atoms with Crippen molar-refractivity contribution >= 4 is 6.08 Å². The van der Waals surface area contributed by atoms with E-state index < -0.39 is 0 Å². The van der Waals surface area contributed by atoms with Crippen LogP contribution in [0.1, 0.15) is 12.0 Å². The Kier molecular flexibility index (Phi) is 3.52. The lowest BCUT2D eigenvalue weighted by Crippen LogP contribution is -1.86. The number of nitrogens with zero attached hydrogens (tertiary/aromatic N) is 2. The summed E-state index contributed by atoms with van der Waals surface area (Å²) in [7, 11) is 1.58. The van der Waals surface area contributed by atoms with Gasteiger partial charge in [-0.05, 0) is 11.6 Å². The molecule has 0 aliphatic heterocycles. The molecule has 1 aromatic heterocycles. The Morgan fingerprint density at radius 3 is 3.00 bits per heavy atom. The van der Waals surface area contributed by atoms with Crippen molar-refractivity contribution in [3.05, 3.63) is 30.0 Å². The van der Waals surface area contributed by atoms with E-state index in [4.69, 9.17) is 10.00 Å². The third kappa shape index (κ3) is 2.96. The Balaban J connectivity index is 2.65. The van der Waals surface area contributed by atoms with Crippen LogP contribution in [0.4, 0.5) is 0 Å². The fourth-order valence-electron chi connectivity index (χ4n) is 0.859. The molecule has 0 aliphatic rings. The van der Waals surface area contributed by atoms with Crippen LogP contribution < -0.4 is 4.74 Å². The van der Waals surface area contributed by atoms with Gasteiger partial charge in [-0.1, -0.05) is 12.2 Å². The summed E-state index contributed by atoms with van der Waals surface area (Å²) < 4.78 is 4.91. The first-order chi connectivity index (χ1) is 6.36. The van der Waals surface area contributed by atoms with Crippen molar-refractivity contribution in [2.24, 2.45) is 0 Å². The molecule has 0 aromatic carbocycles. The van der Waals surface area contributed by atoms with Gasteiger partial charge in [0, 0.05) is 12.3 Å². The topological polar surface area (TPSA) is 45.9 Å². The molecule has 0 unspecified atom stereocenters. The Morgan fingerprint density at radius 1 is 1.62 bits per heavy atom. The molecular weight excluding hydrogens is 164 g/mol. The number of hydrogen-bond donors (Lipinski definition) is 0. The van der Waals surface area contributed by atoms with Gasteiger partial charge in [-0.3, -0.25) is 0 Å². The number of aromatic nitrogens is 1. The number of methoxy groups -OCH3 is 1. The zero-order valence-electron chi connectivity index (χ0n) is 7.40. The summed E-state index contributed by atoms with van der Waals surface area (Å²) in [5.74, 6) is 0.595. The number of ether oxygens (including phenoxy) is 1. The van der Waals surface area contributed by atoms with E-state index in [9.17, 15) is 0 Å². The zero-order chi connectivity index (χ0) is 9.52. The fourth-order valence-corrected chi connectivity index (χ4v) is 0.859. The van der Waals surface area contributed by atoms with Crippen molar-refractivity contribution in [3.8, 4) is 11.9 Å². The first kappa shape index (κ1) is 9.27. The van der Waals surface area contributed by atoms with E-state index in [1.807, 2.05) is 18.2 Å². The largest absolute Gasteiger partial charge is 0.481 e. The van der Waals surface area contributed by atoms with Crippen LogP contribution in [0.25, 0.3) is 6.08 Å². The highest BCUT2D eigenvalue weighted by molar-refractivity contribution is 5.48. The zero-order valence-corrected chi connectivity index (χ0v) is 7.40. The molecule has 0 N–H and O–H groups in total. The molecule has 0 aliphatic carbocycles. The average Bonchev–Trinajstić information content (AvgIpc) is 2.19. The van der Waals surface area contributed by atoms with Crippen LogP contribution in [0, 0.1) is 11.3 Å². The summed E-state index contributed by atoms with van der Waals surface area (Å²) in [6.07, 6.45) is 5.78. The van der Waals surface area contributed by atoms with Crippen LogP contribution >= 0.6 is 0 Å². The average molecular weight is 174 g/mol. The van der Waals surface area contributed by atoms with E-state index >= 15 is 0 Å². The minimum absolute atomic E-state index is 0.423. The third-order valence-electron chi connectivity index (χ3n) is 1.49. The van der Waals surface area contributed by atoms with Crippen LogP contribution in [-0.2, 0) is 0 Å². The molecule has 66 valence electrons. The van der Waals surface area contributed by atoms with E-state index in [1.165, 1.54) is 0 Å². The molecule has 3 heteroatoms. The number of pyridine rings is 1. The van der Waals surface area contributed by atoms with Crippen molar-refractivity contribution in [1.29, 1.82) is 5.26 Å². The van der Waals surface area contributed by atoms with Gasteiger partial charge in [0.15, 0.2) is 0 Å². The van der Waals surface area contributed by atoms with Crippen LogP contribution in [0.15, 0.2) is 24.4 Å².